The van der Waals surface area contributed by atoms with Crippen LogP contribution in [0.25, 0.3) is 0 Å². The van der Waals surface area contributed by atoms with Crippen LogP contribution in [0.2, 0.25) is 0 Å². The van der Waals surface area contributed by atoms with Crippen LogP contribution in [0.15, 0.2) is 53.4 Å². The summed E-state index contributed by atoms with van der Waals surface area (Å²) in [5, 5.41) is 5.37. The minimum absolute atomic E-state index is 0.0113. The number of amides is 2. The maximum Gasteiger partial charge on any atom is 0.255 e. The van der Waals surface area contributed by atoms with Crippen molar-refractivity contribution in [3.63, 3.8) is 0 Å². The molecule has 2 aromatic rings. The van der Waals surface area contributed by atoms with E-state index in [4.69, 9.17) is 4.74 Å². The molecule has 0 aliphatic carbocycles. The molecule has 28 heavy (non-hydrogen) atoms. The van der Waals surface area contributed by atoms with E-state index in [2.05, 4.69) is 15.4 Å². The van der Waals surface area contributed by atoms with E-state index in [-0.39, 0.29) is 29.5 Å². The Morgan fingerprint density at radius 1 is 1.00 bits per heavy atom. The van der Waals surface area contributed by atoms with Crippen LogP contribution in [-0.2, 0) is 14.8 Å². The Labute approximate surface area is 164 Å². The van der Waals surface area contributed by atoms with Gasteiger partial charge in [-0.3, -0.25) is 9.59 Å². The van der Waals surface area contributed by atoms with Crippen LogP contribution >= 0.6 is 0 Å². The first-order chi connectivity index (χ1) is 13.4. The van der Waals surface area contributed by atoms with Gasteiger partial charge in [-0.25, -0.2) is 13.1 Å². The summed E-state index contributed by atoms with van der Waals surface area (Å²) in [6.45, 7) is 2.73. The van der Waals surface area contributed by atoms with Crippen molar-refractivity contribution < 1.29 is 22.7 Å². The van der Waals surface area contributed by atoms with Gasteiger partial charge >= 0.3 is 0 Å². The van der Waals surface area contributed by atoms with Crippen molar-refractivity contribution in [2.24, 2.45) is 0 Å². The van der Waals surface area contributed by atoms with E-state index in [0.717, 1.165) is 0 Å². The Morgan fingerprint density at radius 2 is 1.71 bits per heavy atom. The molecule has 2 rings (SSSR count). The van der Waals surface area contributed by atoms with Gasteiger partial charge in [0, 0.05) is 37.0 Å². The van der Waals surface area contributed by atoms with E-state index < -0.39 is 15.9 Å². The van der Waals surface area contributed by atoms with Crippen LogP contribution in [-0.4, -0.2) is 47.0 Å². The van der Waals surface area contributed by atoms with Crippen molar-refractivity contribution >= 4 is 27.5 Å². The summed E-state index contributed by atoms with van der Waals surface area (Å²) >= 11 is 0. The van der Waals surface area contributed by atoms with Gasteiger partial charge in [0.15, 0.2) is 0 Å². The lowest BCUT2D eigenvalue weighted by Gasteiger charge is -2.09. The van der Waals surface area contributed by atoms with Crippen LogP contribution in [0.1, 0.15) is 27.6 Å². The van der Waals surface area contributed by atoms with Gasteiger partial charge in [0.1, 0.15) is 0 Å². The zero-order chi connectivity index (χ0) is 20.6. The minimum Gasteiger partial charge on any atom is -0.383 e. The molecule has 150 valence electrons. The highest BCUT2D eigenvalue weighted by Gasteiger charge is 2.16. The number of anilines is 1. The third-order valence-corrected chi connectivity index (χ3v) is 5.21. The van der Waals surface area contributed by atoms with Crippen molar-refractivity contribution in [1.29, 1.82) is 0 Å². The highest BCUT2D eigenvalue weighted by molar-refractivity contribution is 7.89. The highest BCUT2D eigenvalue weighted by Crippen LogP contribution is 2.15. The minimum atomic E-state index is -3.74. The molecule has 2 amide bonds. The maximum atomic E-state index is 12.4. The number of benzene rings is 2. The first kappa shape index (κ1) is 21.5. The molecule has 9 heteroatoms. The van der Waals surface area contributed by atoms with Crippen molar-refractivity contribution in [2.75, 3.05) is 32.1 Å². The van der Waals surface area contributed by atoms with Gasteiger partial charge in [-0.1, -0.05) is 6.07 Å². The largest absolute Gasteiger partial charge is 0.383 e. The molecule has 8 nitrogen and oxygen atoms in total. The average molecular weight is 405 g/mol. The van der Waals surface area contributed by atoms with Gasteiger partial charge in [-0.05, 0) is 49.4 Å². The number of sulfonamides is 1. The molecule has 0 atom stereocenters. The van der Waals surface area contributed by atoms with Gasteiger partial charge in [-0.2, -0.15) is 0 Å². The van der Waals surface area contributed by atoms with E-state index in [9.17, 15) is 18.0 Å². The second-order valence-electron chi connectivity index (χ2n) is 5.81. The average Bonchev–Trinajstić information content (AvgIpc) is 2.69. The van der Waals surface area contributed by atoms with Crippen LogP contribution in [0.4, 0.5) is 5.69 Å². The highest BCUT2D eigenvalue weighted by atomic mass is 32.2. The lowest BCUT2D eigenvalue weighted by Crippen LogP contribution is -2.27. The molecule has 0 radical (unpaired) electrons. The normalized spacial score (nSPS) is 11.1. The number of nitrogens with one attached hydrogen (secondary N) is 3. The van der Waals surface area contributed by atoms with E-state index in [0.29, 0.717) is 17.8 Å². The third-order valence-electron chi connectivity index (χ3n) is 3.75. The van der Waals surface area contributed by atoms with Gasteiger partial charge in [0.05, 0.1) is 11.5 Å². The van der Waals surface area contributed by atoms with Gasteiger partial charge < -0.3 is 15.4 Å². The van der Waals surface area contributed by atoms with Crippen LogP contribution in [0.5, 0.6) is 0 Å². The van der Waals surface area contributed by atoms with Gasteiger partial charge in [0.25, 0.3) is 11.8 Å². The molecule has 0 bridgehead atoms. The van der Waals surface area contributed by atoms with Crippen molar-refractivity contribution in [2.45, 2.75) is 11.8 Å². The Bertz CT molecular complexity index is 927. The molecule has 0 saturated carbocycles. The lowest BCUT2D eigenvalue weighted by atomic mass is 10.1. The molecule has 0 fully saturated rings. The zero-order valence-electron chi connectivity index (χ0n) is 15.7. The summed E-state index contributed by atoms with van der Waals surface area (Å²) < 4.78 is 31.7. The zero-order valence-corrected chi connectivity index (χ0v) is 16.5. The van der Waals surface area contributed by atoms with Crippen LogP contribution < -0.4 is 15.4 Å². The predicted octanol–water partition coefficient (Wildman–Crippen LogP) is 1.61. The number of hydrogen-bond acceptors (Lipinski definition) is 5. The van der Waals surface area contributed by atoms with E-state index in [1.54, 1.807) is 24.3 Å². The first-order valence-electron chi connectivity index (χ1n) is 8.65. The Morgan fingerprint density at radius 3 is 2.36 bits per heavy atom. The van der Waals surface area contributed by atoms with Crippen LogP contribution in [0, 0.1) is 0 Å². The molecule has 0 aromatic heterocycles. The van der Waals surface area contributed by atoms with Crippen molar-refractivity contribution in [3.05, 3.63) is 59.7 Å². The number of carbonyl (C=O) groups is 2. The van der Waals surface area contributed by atoms with Gasteiger partial charge in [0.2, 0.25) is 10.0 Å². The van der Waals surface area contributed by atoms with Gasteiger partial charge in [-0.15, -0.1) is 0 Å². The number of methoxy groups -OCH3 is 1. The predicted molar refractivity (Wildman–Crippen MR) is 106 cm³/mol. The second-order valence-corrected chi connectivity index (χ2v) is 7.58. The smallest absolute Gasteiger partial charge is 0.255 e. The summed E-state index contributed by atoms with van der Waals surface area (Å²) in [6.07, 6.45) is 0. The van der Waals surface area contributed by atoms with Crippen molar-refractivity contribution in [3.8, 4) is 0 Å². The maximum absolute atomic E-state index is 12.4. The molecular formula is C19H23N3O5S. The fourth-order valence-corrected chi connectivity index (χ4v) is 3.40. The van der Waals surface area contributed by atoms with Crippen LogP contribution in [0.3, 0.4) is 0 Å². The molecule has 2 aromatic carbocycles. The third kappa shape index (κ3) is 5.88. The Kier molecular flexibility index (Phi) is 7.68. The molecule has 0 aliphatic rings. The number of rotatable bonds is 9. The monoisotopic (exact) mass is 405 g/mol. The molecule has 0 aliphatic heterocycles. The Balaban J connectivity index is 2.09. The summed E-state index contributed by atoms with van der Waals surface area (Å²) in [6, 6.07) is 12.1. The fourth-order valence-electron chi connectivity index (χ4n) is 2.34. The molecule has 0 heterocycles. The standard InChI is InChI=1S/C19H23N3O5S/c1-3-20-18(23)14-7-9-16(10-8-14)22-19(24)15-5-4-6-17(13-15)28(25,26)21-11-12-27-2/h4-10,13,21H,3,11-12H2,1-2H3,(H,20,23)(H,22,24). The number of ether oxygens (including phenoxy) is 1. The first-order valence-corrected chi connectivity index (χ1v) is 10.1. The molecule has 0 unspecified atom stereocenters. The summed E-state index contributed by atoms with van der Waals surface area (Å²) in [4.78, 5) is 24.2. The summed E-state index contributed by atoms with van der Waals surface area (Å²) in [5.74, 6) is -0.654. The SMILES string of the molecule is CCNC(=O)c1ccc(NC(=O)c2cccc(S(=O)(=O)NCCOC)c2)cc1. The molecule has 0 saturated heterocycles. The summed E-state index contributed by atoms with van der Waals surface area (Å²) in [5.41, 5.74) is 1.17. The second kappa shape index (κ2) is 9.98. The Hall–Kier alpha value is -2.75. The lowest BCUT2D eigenvalue weighted by molar-refractivity contribution is 0.0955. The fraction of sp³-hybridized carbons (Fsp3) is 0.263. The number of carbonyl (C=O) groups excluding carboxylic acids is 2. The van der Waals surface area contributed by atoms with E-state index in [1.807, 2.05) is 6.92 Å². The quantitative estimate of drug-likeness (QED) is 0.549. The summed E-state index contributed by atoms with van der Waals surface area (Å²) in [7, 11) is -2.26. The molecular weight excluding hydrogens is 382 g/mol. The van der Waals surface area contributed by atoms with E-state index in [1.165, 1.54) is 31.4 Å². The number of hydrogen-bond donors (Lipinski definition) is 3. The molecule has 0 spiro atoms. The van der Waals surface area contributed by atoms with Crippen molar-refractivity contribution in [1.82, 2.24) is 10.0 Å². The topological polar surface area (TPSA) is 114 Å². The van der Waals surface area contributed by atoms with E-state index >= 15 is 0 Å². The molecule has 3 N–H and O–H groups in total.